The van der Waals surface area contributed by atoms with E-state index >= 15 is 0 Å². The molecule has 2 N–H and O–H groups in total. The fraction of sp³-hybridized carbons (Fsp3) is 0.333. The van der Waals surface area contributed by atoms with Gasteiger partial charge in [-0.2, -0.15) is 0 Å². The number of morpholine rings is 1. The number of fused-ring (bicyclic) bond motifs is 1. The van der Waals surface area contributed by atoms with Gasteiger partial charge in [0.15, 0.2) is 0 Å². The molecule has 1 fully saturated rings. The first kappa shape index (κ1) is 13.0. The Balaban J connectivity index is 1.72. The summed E-state index contributed by atoms with van der Waals surface area (Å²) in [7, 11) is 0. The lowest BCUT2D eigenvalue weighted by molar-refractivity contribution is 0.0735. The van der Waals surface area contributed by atoms with Crippen molar-refractivity contribution in [3.05, 3.63) is 42.1 Å². The van der Waals surface area contributed by atoms with Gasteiger partial charge in [-0.3, -0.25) is 9.78 Å². The highest BCUT2D eigenvalue weighted by Crippen LogP contribution is 2.16. The minimum absolute atomic E-state index is 0.0732. The summed E-state index contributed by atoms with van der Waals surface area (Å²) in [6.07, 6.45) is 1.73. The minimum Gasteiger partial charge on any atom is -0.378 e. The molecule has 1 saturated heterocycles. The SMILES string of the molecule is O=C(NCC1COCCN1)c1cccc2ncccc12. The Morgan fingerprint density at radius 1 is 1.40 bits per heavy atom. The summed E-state index contributed by atoms with van der Waals surface area (Å²) in [5.74, 6) is -0.0732. The number of amides is 1. The molecule has 2 aromatic rings. The number of hydrogen-bond donors (Lipinski definition) is 2. The monoisotopic (exact) mass is 271 g/mol. The lowest BCUT2D eigenvalue weighted by Gasteiger charge is -2.24. The van der Waals surface area contributed by atoms with Crippen molar-refractivity contribution in [2.45, 2.75) is 6.04 Å². The Labute approximate surface area is 117 Å². The number of benzene rings is 1. The second-order valence-electron chi connectivity index (χ2n) is 4.81. The van der Waals surface area contributed by atoms with Crippen LogP contribution in [0, 0.1) is 0 Å². The Morgan fingerprint density at radius 2 is 2.35 bits per heavy atom. The van der Waals surface area contributed by atoms with Gasteiger partial charge < -0.3 is 15.4 Å². The number of aromatic nitrogens is 1. The quantitative estimate of drug-likeness (QED) is 0.872. The number of nitrogens with zero attached hydrogens (tertiary/aromatic N) is 1. The van der Waals surface area contributed by atoms with Crippen LogP contribution in [0.25, 0.3) is 10.9 Å². The molecule has 2 heterocycles. The van der Waals surface area contributed by atoms with E-state index in [1.165, 1.54) is 0 Å². The molecule has 0 bridgehead atoms. The van der Waals surface area contributed by atoms with Crippen molar-refractivity contribution in [1.29, 1.82) is 0 Å². The average molecular weight is 271 g/mol. The summed E-state index contributed by atoms with van der Waals surface area (Å²) >= 11 is 0. The van der Waals surface area contributed by atoms with Gasteiger partial charge in [-0.1, -0.05) is 12.1 Å². The van der Waals surface area contributed by atoms with Crippen molar-refractivity contribution in [2.75, 3.05) is 26.3 Å². The number of carbonyl (C=O) groups excluding carboxylic acids is 1. The smallest absolute Gasteiger partial charge is 0.252 e. The van der Waals surface area contributed by atoms with Crippen LogP contribution in [0.2, 0.25) is 0 Å². The molecule has 5 heteroatoms. The fourth-order valence-electron chi connectivity index (χ4n) is 2.36. The Bertz CT molecular complexity index is 604. The standard InChI is InChI=1S/C15H17N3O2/c19-15(18-9-11-10-20-8-7-16-11)13-3-1-5-14-12(13)4-2-6-17-14/h1-6,11,16H,7-10H2,(H,18,19). The van der Waals surface area contributed by atoms with Crippen molar-refractivity contribution < 1.29 is 9.53 Å². The molecule has 0 spiro atoms. The van der Waals surface area contributed by atoms with Crippen LogP contribution in [-0.4, -0.2) is 43.2 Å². The molecule has 1 aliphatic rings. The first-order chi connectivity index (χ1) is 9.84. The van der Waals surface area contributed by atoms with E-state index in [0.29, 0.717) is 18.7 Å². The topological polar surface area (TPSA) is 63.2 Å². The number of pyridine rings is 1. The third-order valence-electron chi connectivity index (χ3n) is 3.40. The summed E-state index contributed by atoms with van der Waals surface area (Å²) < 4.78 is 5.37. The molecule has 1 amide bonds. The molecule has 1 atom stereocenters. The van der Waals surface area contributed by atoms with E-state index in [-0.39, 0.29) is 11.9 Å². The number of hydrogen-bond acceptors (Lipinski definition) is 4. The number of nitrogens with one attached hydrogen (secondary N) is 2. The van der Waals surface area contributed by atoms with Gasteiger partial charge in [-0.15, -0.1) is 0 Å². The highest BCUT2D eigenvalue weighted by Gasteiger charge is 2.15. The predicted molar refractivity (Wildman–Crippen MR) is 76.7 cm³/mol. The van der Waals surface area contributed by atoms with E-state index in [2.05, 4.69) is 15.6 Å². The Kier molecular flexibility index (Phi) is 3.90. The zero-order valence-corrected chi connectivity index (χ0v) is 11.1. The van der Waals surface area contributed by atoms with Gasteiger partial charge in [0.25, 0.3) is 5.91 Å². The van der Waals surface area contributed by atoms with Crippen LogP contribution >= 0.6 is 0 Å². The Morgan fingerprint density at radius 3 is 3.20 bits per heavy atom. The highest BCUT2D eigenvalue weighted by molar-refractivity contribution is 6.06. The van der Waals surface area contributed by atoms with E-state index in [1.54, 1.807) is 6.20 Å². The van der Waals surface area contributed by atoms with E-state index in [9.17, 15) is 4.79 Å². The van der Waals surface area contributed by atoms with Crippen molar-refractivity contribution in [1.82, 2.24) is 15.6 Å². The van der Waals surface area contributed by atoms with Gasteiger partial charge in [0.05, 0.1) is 18.7 Å². The van der Waals surface area contributed by atoms with Crippen LogP contribution < -0.4 is 10.6 Å². The van der Waals surface area contributed by atoms with Crippen LogP contribution in [-0.2, 0) is 4.74 Å². The second-order valence-corrected chi connectivity index (χ2v) is 4.81. The number of rotatable bonds is 3. The Hall–Kier alpha value is -1.98. The van der Waals surface area contributed by atoms with Crippen molar-refractivity contribution in [3.63, 3.8) is 0 Å². The molecule has 0 aliphatic carbocycles. The van der Waals surface area contributed by atoms with Gasteiger partial charge in [-0.05, 0) is 18.2 Å². The lowest BCUT2D eigenvalue weighted by atomic mass is 10.1. The van der Waals surface area contributed by atoms with Gasteiger partial charge in [0.1, 0.15) is 0 Å². The summed E-state index contributed by atoms with van der Waals surface area (Å²) in [5, 5.41) is 7.14. The van der Waals surface area contributed by atoms with E-state index < -0.39 is 0 Å². The molecule has 5 nitrogen and oxygen atoms in total. The van der Waals surface area contributed by atoms with E-state index in [1.807, 2.05) is 30.3 Å². The normalized spacial score (nSPS) is 18.9. The van der Waals surface area contributed by atoms with Gasteiger partial charge >= 0.3 is 0 Å². The lowest BCUT2D eigenvalue weighted by Crippen LogP contribution is -2.48. The number of ether oxygens (including phenoxy) is 1. The van der Waals surface area contributed by atoms with Crippen LogP contribution in [0.15, 0.2) is 36.5 Å². The van der Waals surface area contributed by atoms with E-state index in [4.69, 9.17) is 4.74 Å². The third kappa shape index (κ3) is 2.79. The van der Waals surface area contributed by atoms with Crippen LogP contribution in [0.3, 0.4) is 0 Å². The molecular formula is C15H17N3O2. The summed E-state index contributed by atoms with van der Waals surface area (Å²) in [4.78, 5) is 16.6. The number of carbonyl (C=O) groups is 1. The fourth-order valence-corrected chi connectivity index (χ4v) is 2.36. The zero-order valence-electron chi connectivity index (χ0n) is 11.1. The van der Waals surface area contributed by atoms with Crippen LogP contribution in [0.5, 0.6) is 0 Å². The minimum atomic E-state index is -0.0732. The van der Waals surface area contributed by atoms with Crippen molar-refractivity contribution in [3.8, 4) is 0 Å². The molecule has 1 aliphatic heterocycles. The van der Waals surface area contributed by atoms with Crippen molar-refractivity contribution >= 4 is 16.8 Å². The van der Waals surface area contributed by atoms with E-state index in [0.717, 1.165) is 24.1 Å². The molecule has 0 saturated carbocycles. The summed E-state index contributed by atoms with van der Waals surface area (Å²) in [5.41, 5.74) is 1.49. The maximum Gasteiger partial charge on any atom is 0.252 e. The molecule has 1 aromatic heterocycles. The summed E-state index contributed by atoms with van der Waals surface area (Å²) in [6, 6.07) is 9.52. The molecule has 1 aromatic carbocycles. The molecular weight excluding hydrogens is 254 g/mol. The second kappa shape index (κ2) is 5.98. The predicted octanol–water partition coefficient (Wildman–Crippen LogP) is 0.953. The van der Waals surface area contributed by atoms with Gasteiger partial charge in [0, 0.05) is 36.3 Å². The first-order valence-corrected chi connectivity index (χ1v) is 6.77. The first-order valence-electron chi connectivity index (χ1n) is 6.77. The summed E-state index contributed by atoms with van der Waals surface area (Å²) in [6.45, 7) is 2.77. The maximum absolute atomic E-state index is 12.3. The van der Waals surface area contributed by atoms with Crippen LogP contribution in [0.4, 0.5) is 0 Å². The van der Waals surface area contributed by atoms with Crippen molar-refractivity contribution in [2.24, 2.45) is 0 Å². The van der Waals surface area contributed by atoms with Gasteiger partial charge in [0.2, 0.25) is 0 Å². The largest absolute Gasteiger partial charge is 0.378 e. The van der Waals surface area contributed by atoms with Crippen LogP contribution in [0.1, 0.15) is 10.4 Å². The highest BCUT2D eigenvalue weighted by atomic mass is 16.5. The van der Waals surface area contributed by atoms with Gasteiger partial charge in [-0.25, -0.2) is 0 Å². The average Bonchev–Trinajstić information content (AvgIpc) is 2.53. The molecule has 1 unspecified atom stereocenters. The molecule has 3 rings (SSSR count). The molecule has 104 valence electrons. The third-order valence-corrected chi connectivity index (χ3v) is 3.40. The molecule has 20 heavy (non-hydrogen) atoms. The maximum atomic E-state index is 12.3. The molecule has 0 radical (unpaired) electrons. The zero-order chi connectivity index (χ0) is 13.8.